The van der Waals surface area contributed by atoms with Crippen molar-refractivity contribution in [3.63, 3.8) is 0 Å². The van der Waals surface area contributed by atoms with Crippen molar-refractivity contribution in [2.45, 2.75) is 63.0 Å². The van der Waals surface area contributed by atoms with Gasteiger partial charge in [0, 0.05) is 16.7 Å². The number of hydrogen-bond donors (Lipinski definition) is 1. The highest BCUT2D eigenvalue weighted by molar-refractivity contribution is 7.98. The Bertz CT molecular complexity index is 727. The Morgan fingerprint density at radius 2 is 2.12 bits per heavy atom. The maximum Gasteiger partial charge on any atom is 0.264 e. The van der Waals surface area contributed by atoms with Gasteiger partial charge in [0.05, 0.1) is 12.2 Å². The van der Waals surface area contributed by atoms with Crippen molar-refractivity contribution < 1.29 is 13.9 Å². The molecule has 2 saturated carbocycles. The van der Waals surface area contributed by atoms with E-state index in [0.29, 0.717) is 23.5 Å². The second kappa shape index (κ2) is 7.26. The van der Waals surface area contributed by atoms with Crippen molar-refractivity contribution in [3.05, 3.63) is 41.2 Å². The summed E-state index contributed by atoms with van der Waals surface area (Å²) in [6.07, 6.45) is 12.0. The summed E-state index contributed by atoms with van der Waals surface area (Å²) in [6.45, 7) is 2.81. The molecule has 3 nitrogen and oxygen atoms in total. The molecular weight excluding hydrogens is 349 g/mol. The number of rotatable bonds is 7. The molecule has 3 aliphatic rings. The SMILES string of the molecule is CC1(COc2cc(F)c(C(=O)NSC3CC3)cc2C2CC2)CC=CCC1. The summed E-state index contributed by atoms with van der Waals surface area (Å²) in [4.78, 5) is 12.3. The molecule has 1 atom stereocenters. The van der Waals surface area contributed by atoms with E-state index in [4.69, 9.17) is 4.74 Å². The first-order valence-electron chi connectivity index (χ1n) is 9.61. The van der Waals surface area contributed by atoms with Crippen LogP contribution in [0.25, 0.3) is 0 Å². The summed E-state index contributed by atoms with van der Waals surface area (Å²) in [5.74, 6) is 0.184. The number of carbonyl (C=O) groups is 1. The number of hydrogen-bond acceptors (Lipinski definition) is 3. The highest BCUT2D eigenvalue weighted by Crippen LogP contribution is 2.46. The molecule has 4 rings (SSSR count). The van der Waals surface area contributed by atoms with Gasteiger partial charge in [0.25, 0.3) is 5.91 Å². The standard InChI is InChI=1S/C21H26FNO2S/c1-21(9-3-2-4-10-21)13-25-19-12-18(22)17(11-16(19)14-5-6-14)20(24)23-26-15-7-8-15/h2-3,11-12,14-15H,4-10,13H2,1H3,(H,23,24). The molecule has 1 amide bonds. The summed E-state index contributed by atoms with van der Waals surface area (Å²) in [5.41, 5.74) is 1.23. The van der Waals surface area contributed by atoms with Gasteiger partial charge in [0.15, 0.2) is 0 Å². The Morgan fingerprint density at radius 1 is 1.31 bits per heavy atom. The second-order valence-electron chi connectivity index (χ2n) is 8.21. The van der Waals surface area contributed by atoms with E-state index in [1.807, 2.05) is 0 Å². The van der Waals surface area contributed by atoms with Crippen LogP contribution in [0.3, 0.4) is 0 Å². The molecule has 0 aliphatic heterocycles. The van der Waals surface area contributed by atoms with Crippen molar-refractivity contribution >= 4 is 17.9 Å². The Morgan fingerprint density at radius 3 is 2.77 bits per heavy atom. The van der Waals surface area contributed by atoms with Crippen LogP contribution in [0.2, 0.25) is 0 Å². The number of benzene rings is 1. The van der Waals surface area contributed by atoms with Crippen LogP contribution in [-0.4, -0.2) is 17.8 Å². The zero-order valence-electron chi connectivity index (χ0n) is 15.2. The second-order valence-corrected chi connectivity index (χ2v) is 9.31. The van der Waals surface area contributed by atoms with E-state index in [0.717, 1.165) is 50.5 Å². The third-order valence-corrected chi connectivity index (χ3v) is 6.58. The molecule has 26 heavy (non-hydrogen) atoms. The predicted molar refractivity (Wildman–Crippen MR) is 103 cm³/mol. The lowest BCUT2D eigenvalue weighted by atomic mass is 9.80. The maximum absolute atomic E-state index is 14.6. The Hall–Kier alpha value is -1.49. The summed E-state index contributed by atoms with van der Waals surface area (Å²) >= 11 is 1.41. The highest BCUT2D eigenvalue weighted by Gasteiger charge is 2.32. The van der Waals surface area contributed by atoms with Gasteiger partial charge in [-0.15, -0.1) is 0 Å². The van der Waals surface area contributed by atoms with E-state index >= 15 is 0 Å². The van der Waals surface area contributed by atoms with Gasteiger partial charge in [-0.2, -0.15) is 0 Å². The summed E-state index contributed by atoms with van der Waals surface area (Å²) in [6, 6.07) is 3.14. The van der Waals surface area contributed by atoms with Crippen molar-refractivity contribution in [2.24, 2.45) is 5.41 Å². The summed E-state index contributed by atoms with van der Waals surface area (Å²) in [7, 11) is 0. The average Bonchev–Trinajstić information content (AvgIpc) is 3.52. The fraction of sp³-hybridized carbons (Fsp3) is 0.571. The van der Waals surface area contributed by atoms with Crippen molar-refractivity contribution in [2.75, 3.05) is 6.61 Å². The molecule has 1 aromatic carbocycles. The number of ether oxygens (including phenoxy) is 1. The molecular formula is C21H26FNO2S. The van der Waals surface area contributed by atoms with Crippen LogP contribution in [-0.2, 0) is 0 Å². The molecule has 1 unspecified atom stereocenters. The van der Waals surface area contributed by atoms with Crippen molar-refractivity contribution in [3.8, 4) is 5.75 Å². The first kappa shape index (κ1) is 17.9. The smallest absolute Gasteiger partial charge is 0.264 e. The first-order valence-corrected chi connectivity index (χ1v) is 10.5. The summed E-state index contributed by atoms with van der Waals surface area (Å²) in [5, 5.41) is 0.498. The minimum atomic E-state index is -0.494. The Kier molecular flexibility index (Phi) is 5.00. The van der Waals surface area contributed by atoms with E-state index < -0.39 is 5.82 Å². The van der Waals surface area contributed by atoms with E-state index in [1.54, 1.807) is 6.07 Å². The molecule has 1 N–H and O–H groups in total. The van der Waals surface area contributed by atoms with Crippen LogP contribution in [0.5, 0.6) is 5.75 Å². The minimum absolute atomic E-state index is 0.100. The topological polar surface area (TPSA) is 38.3 Å². The van der Waals surface area contributed by atoms with Crippen LogP contribution in [0.4, 0.5) is 4.39 Å². The van der Waals surface area contributed by atoms with Gasteiger partial charge in [-0.3, -0.25) is 9.52 Å². The van der Waals surface area contributed by atoms with Crippen LogP contribution in [0, 0.1) is 11.2 Å². The molecule has 0 aromatic heterocycles. The lowest BCUT2D eigenvalue weighted by molar-refractivity contribution is 0.0980. The van der Waals surface area contributed by atoms with E-state index in [9.17, 15) is 9.18 Å². The quantitative estimate of drug-likeness (QED) is 0.514. The summed E-state index contributed by atoms with van der Waals surface area (Å²) < 4.78 is 23.5. The van der Waals surface area contributed by atoms with Crippen LogP contribution >= 0.6 is 11.9 Å². The van der Waals surface area contributed by atoms with Gasteiger partial charge < -0.3 is 4.74 Å². The van der Waals surface area contributed by atoms with Gasteiger partial charge in [-0.1, -0.05) is 19.1 Å². The Labute approximate surface area is 158 Å². The molecule has 140 valence electrons. The molecule has 1 aromatic rings. The van der Waals surface area contributed by atoms with E-state index in [1.165, 1.54) is 18.0 Å². The van der Waals surface area contributed by atoms with E-state index in [2.05, 4.69) is 23.8 Å². The number of halogens is 1. The zero-order valence-corrected chi connectivity index (χ0v) is 16.0. The lowest BCUT2D eigenvalue weighted by Gasteiger charge is -2.31. The first-order chi connectivity index (χ1) is 12.5. The fourth-order valence-electron chi connectivity index (χ4n) is 3.36. The van der Waals surface area contributed by atoms with Gasteiger partial charge in [-0.25, -0.2) is 4.39 Å². The van der Waals surface area contributed by atoms with Crippen LogP contribution < -0.4 is 9.46 Å². The number of allylic oxidation sites excluding steroid dienone is 2. The third-order valence-electron chi connectivity index (χ3n) is 5.47. The monoisotopic (exact) mass is 375 g/mol. The van der Waals surface area contributed by atoms with Crippen molar-refractivity contribution in [1.82, 2.24) is 4.72 Å². The Balaban J connectivity index is 1.49. The largest absolute Gasteiger partial charge is 0.493 e. The molecule has 0 saturated heterocycles. The number of nitrogens with one attached hydrogen (secondary N) is 1. The fourth-order valence-corrected chi connectivity index (χ4v) is 4.12. The molecule has 3 aliphatic carbocycles. The molecule has 0 heterocycles. The van der Waals surface area contributed by atoms with Gasteiger partial charge in [0.1, 0.15) is 11.6 Å². The lowest BCUT2D eigenvalue weighted by Crippen LogP contribution is -2.26. The van der Waals surface area contributed by atoms with Crippen LogP contribution in [0.1, 0.15) is 73.7 Å². The highest BCUT2D eigenvalue weighted by atomic mass is 32.2. The molecule has 5 heteroatoms. The number of carbonyl (C=O) groups excluding carboxylic acids is 1. The van der Waals surface area contributed by atoms with Crippen molar-refractivity contribution in [1.29, 1.82) is 0 Å². The zero-order chi connectivity index (χ0) is 18.1. The molecule has 0 spiro atoms. The average molecular weight is 376 g/mol. The third kappa shape index (κ3) is 4.25. The predicted octanol–water partition coefficient (Wildman–Crippen LogP) is 5.37. The number of amides is 1. The van der Waals surface area contributed by atoms with Gasteiger partial charge >= 0.3 is 0 Å². The molecule has 0 bridgehead atoms. The van der Waals surface area contributed by atoms with Crippen LogP contribution in [0.15, 0.2) is 24.3 Å². The molecule has 0 radical (unpaired) electrons. The normalized spacial score (nSPS) is 25.2. The van der Waals surface area contributed by atoms with E-state index in [-0.39, 0.29) is 16.9 Å². The van der Waals surface area contributed by atoms with Gasteiger partial charge in [0.2, 0.25) is 0 Å². The molecule has 2 fully saturated rings. The minimum Gasteiger partial charge on any atom is -0.493 e. The van der Waals surface area contributed by atoms with Gasteiger partial charge in [-0.05, 0) is 74.4 Å². The maximum atomic E-state index is 14.6.